The van der Waals surface area contributed by atoms with Gasteiger partial charge in [-0.25, -0.2) is 4.98 Å². The number of aryl methyl sites for hydroxylation is 1. The molecule has 5 rings (SSSR count). The van der Waals surface area contributed by atoms with Gasteiger partial charge in [-0.15, -0.1) is 0 Å². The first-order valence-electron chi connectivity index (χ1n) is 11.3. The van der Waals surface area contributed by atoms with Crippen molar-refractivity contribution in [3.8, 4) is 11.4 Å². The summed E-state index contributed by atoms with van der Waals surface area (Å²) in [4.78, 5) is 43.1. The molecular weight excluding hydrogens is 420 g/mol. The van der Waals surface area contributed by atoms with Gasteiger partial charge in [0.1, 0.15) is 11.2 Å². The molecule has 1 fully saturated rings. The normalized spacial score (nSPS) is 15.1. The Labute approximate surface area is 189 Å². The van der Waals surface area contributed by atoms with Crippen molar-refractivity contribution in [2.45, 2.75) is 44.6 Å². The second-order valence-electron chi connectivity index (χ2n) is 8.67. The fourth-order valence-electron chi connectivity index (χ4n) is 4.99. The van der Waals surface area contributed by atoms with Gasteiger partial charge in [0.2, 0.25) is 5.43 Å². The van der Waals surface area contributed by atoms with E-state index in [1.807, 2.05) is 12.1 Å². The molecule has 0 unspecified atom stereocenters. The third-order valence-corrected chi connectivity index (χ3v) is 6.66. The molecule has 2 aromatic carbocycles. The van der Waals surface area contributed by atoms with Gasteiger partial charge < -0.3 is 4.57 Å². The van der Waals surface area contributed by atoms with Crippen molar-refractivity contribution in [2.75, 3.05) is 0 Å². The number of non-ortho nitro benzene ring substituents is 1. The van der Waals surface area contributed by atoms with Gasteiger partial charge in [-0.05, 0) is 25.0 Å². The summed E-state index contributed by atoms with van der Waals surface area (Å²) < 4.78 is 3.38. The molecule has 33 heavy (non-hydrogen) atoms. The number of benzene rings is 2. The number of nitrogens with zero attached hydrogens (tertiary/aromatic N) is 4. The number of fused-ring (bicyclic) bond motifs is 2. The molecule has 8 nitrogen and oxygen atoms in total. The summed E-state index contributed by atoms with van der Waals surface area (Å²) in [6, 6.07) is 13.2. The van der Waals surface area contributed by atoms with Crippen LogP contribution in [0.2, 0.25) is 0 Å². The molecule has 0 saturated heterocycles. The summed E-state index contributed by atoms with van der Waals surface area (Å²) in [6.45, 7) is 0. The molecule has 4 aromatic rings. The van der Waals surface area contributed by atoms with Crippen LogP contribution in [-0.2, 0) is 7.05 Å². The van der Waals surface area contributed by atoms with Gasteiger partial charge in [0.25, 0.3) is 11.2 Å². The molecule has 0 amide bonds. The van der Waals surface area contributed by atoms with E-state index in [0.717, 1.165) is 38.5 Å². The minimum absolute atomic E-state index is 0.0645. The highest BCUT2D eigenvalue weighted by Crippen LogP contribution is 2.31. The van der Waals surface area contributed by atoms with Gasteiger partial charge in [0, 0.05) is 36.2 Å². The van der Waals surface area contributed by atoms with Crippen LogP contribution in [0, 0.1) is 10.1 Å². The molecule has 0 atom stereocenters. The topological polar surface area (TPSA) is 100 Å². The standard InChI is InChI=1S/C25H24N4O4/c1-27-20-14-7-6-13-19(20)22(30)21-24(27)26-23(16-9-8-12-18(15-16)29(32)33)28(25(21)31)17-10-4-2-3-5-11-17/h6-9,12-15,17H,2-5,10-11H2,1H3. The number of nitro groups is 1. The van der Waals surface area contributed by atoms with Gasteiger partial charge >= 0.3 is 0 Å². The smallest absolute Gasteiger partial charge is 0.270 e. The zero-order valence-electron chi connectivity index (χ0n) is 18.4. The van der Waals surface area contributed by atoms with E-state index in [9.17, 15) is 19.7 Å². The Hall–Kier alpha value is -3.81. The van der Waals surface area contributed by atoms with Crippen LogP contribution in [0.25, 0.3) is 33.3 Å². The van der Waals surface area contributed by atoms with E-state index in [2.05, 4.69) is 0 Å². The predicted octanol–water partition coefficient (Wildman–Crippen LogP) is 4.72. The molecule has 0 radical (unpaired) electrons. The molecule has 0 aliphatic heterocycles. The van der Waals surface area contributed by atoms with Crippen LogP contribution >= 0.6 is 0 Å². The highest BCUT2D eigenvalue weighted by molar-refractivity contribution is 5.92. The van der Waals surface area contributed by atoms with Crippen LogP contribution in [0.1, 0.15) is 44.6 Å². The van der Waals surface area contributed by atoms with E-state index in [1.54, 1.807) is 40.4 Å². The molecule has 0 bridgehead atoms. The number of rotatable bonds is 3. The number of nitro benzene ring substituents is 1. The molecule has 1 aliphatic rings. The van der Waals surface area contributed by atoms with Gasteiger partial charge in [0.15, 0.2) is 5.65 Å². The van der Waals surface area contributed by atoms with E-state index in [-0.39, 0.29) is 33.8 Å². The average Bonchev–Trinajstić information content (AvgIpc) is 3.11. The fourth-order valence-corrected chi connectivity index (χ4v) is 4.99. The molecule has 1 saturated carbocycles. The van der Waals surface area contributed by atoms with Crippen molar-refractivity contribution < 1.29 is 4.92 Å². The lowest BCUT2D eigenvalue weighted by Gasteiger charge is -2.23. The molecular formula is C25H24N4O4. The molecule has 168 valence electrons. The first kappa shape index (κ1) is 21.1. The average molecular weight is 444 g/mol. The zero-order chi connectivity index (χ0) is 23.1. The maximum Gasteiger partial charge on any atom is 0.270 e. The Morgan fingerprint density at radius 1 is 1.00 bits per heavy atom. The highest BCUT2D eigenvalue weighted by atomic mass is 16.6. The van der Waals surface area contributed by atoms with Crippen molar-refractivity contribution in [3.63, 3.8) is 0 Å². The summed E-state index contributed by atoms with van der Waals surface area (Å²) in [5.41, 5.74) is 0.688. The van der Waals surface area contributed by atoms with E-state index < -0.39 is 4.92 Å². The molecule has 0 spiro atoms. The second-order valence-corrected chi connectivity index (χ2v) is 8.67. The largest absolute Gasteiger partial charge is 0.328 e. The van der Waals surface area contributed by atoms with Crippen LogP contribution in [0.4, 0.5) is 5.69 Å². The molecule has 8 heteroatoms. The number of hydrogen-bond acceptors (Lipinski definition) is 5. The van der Waals surface area contributed by atoms with Gasteiger partial charge in [-0.1, -0.05) is 49.9 Å². The summed E-state index contributed by atoms with van der Waals surface area (Å²) >= 11 is 0. The quantitative estimate of drug-likeness (QED) is 0.197. The monoisotopic (exact) mass is 444 g/mol. The van der Waals surface area contributed by atoms with Crippen molar-refractivity contribution >= 4 is 27.6 Å². The van der Waals surface area contributed by atoms with Crippen LogP contribution in [0.5, 0.6) is 0 Å². The van der Waals surface area contributed by atoms with Crippen molar-refractivity contribution in [1.82, 2.24) is 14.1 Å². The Balaban J connectivity index is 1.91. The maximum atomic E-state index is 13.9. The lowest BCUT2D eigenvalue weighted by atomic mass is 10.1. The number of aromatic nitrogens is 3. The van der Waals surface area contributed by atoms with Crippen molar-refractivity contribution in [2.24, 2.45) is 7.05 Å². The second kappa shape index (κ2) is 8.27. The minimum atomic E-state index is -0.456. The Kier molecular flexibility index (Phi) is 5.28. The van der Waals surface area contributed by atoms with Gasteiger partial charge in [-0.2, -0.15) is 0 Å². The Morgan fingerprint density at radius 3 is 2.45 bits per heavy atom. The summed E-state index contributed by atoms with van der Waals surface area (Å²) in [6.07, 6.45) is 5.79. The first-order valence-corrected chi connectivity index (χ1v) is 11.3. The SMILES string of the molecule is Cn1c2ccccc2c(=O)c2c(=O)n(C3CCCCCC3)c(-c3cccc([N+](=O)[O-])c3)nc21. The predicted molar refractivity (Wildman–Crippen MR) is 128 cm³/mol. The van der Waals surface area contributed by atoms with Crippen LogP contribution in [0.3, 0.4) is 0 Å². The third kappa shape index (κ3) is 3.51. The van der Waals surface area contributed by atoms with Crippen molar-refractivity contribution in [3.05, 3.63) is 79.2 Å². The maximum absolute atomic E-state index is 13.9. The number of pyridine rings is 1. The number of para-hydroxylation sites is 1. The van der Waals surface area contributed by atoms with Crippen LogP contribution in [-0.4, -0.2) is 19.0 Å². The number of hydrogen-bond donors (Lipinski definition) is 0. The lowest BCUT2D eigenvalue weighted by Crippen LogP contribution is -2.32. The van der Waals surface area contributed by atoms with Gasteiger partial charge in [-0.3, -0.25) is 24.3 Å². The van der Waals surface area contributed by atoms with E-state index in [1.165, 1.54) is 12.1 Å². The van der Waals surface area contributed by atoms with Crippen LogP contribution < -0.4 is 11.0 Å². The molecule has 2 aromatic heterocycles. The third-order valence-electron chi connectivity index (χ3n) is 6.66. The molecule has 1 aliphatic carbocycles. The van der Waals surface area contributed by atoms with E-state index in [4.69, 9.17) is 4.98 Å². The summed E-state index contributed by atoms with van der Waals surface area (Å²) in [7, 11) is 1.78. The molecule has 0 N–H and O–H groups in total. The van der Waals surface area contributed by atoms with E-state index in [0.29, 0.717) is 22.3 Å². The Bertz CT molecular complexity index is 1510. The van der Waals surface area contributed by atoms with Crippen LogP contribution in [0.15, 0.2) is 58.1 Å². The Morgan fingerprint density at radius 2 is 1.73 bits per heavy atom. The first-order chi connectivity index (χ1) is 16.0. The summed E-state index contributed by atoms with van der Waals surface area (Å²) in [5, 5.41) is 12.0. The van der Waals surface area contributed by atoms with Gasteiger partial charge in [0.05, 0.1) is 10.4 Å². The molecule has 2 heterocycles. The fraction of sp³-hybridized carbons (Fsp3) is 0.320. The summed E-state index contributed by atoms with van der Waals surface area (Å²) in [5.74, 6) is 0.369. The lowest BCUT2D eigenvalue weighted by molar-refractivity contribution is -0.384. The van der Waals surface area contributed by atoms with E-state index >= 15 is 0 Å². The zero-order valence-corrected chi connectivity index (χ0v) is 18.4. The van der Waals surface area contributed by atoms with Crippen molar-refractivity contribution in [1.29, 1.82) is 0 Å². The minimum Gasteiger partial charge on any atom is -0.328 e. The highest BCUT2D eigenvalue weighted by Gasteiger charge is 2.25.